The molecular formula is C13H19N. The van der Waals surface area contributed by atoms with Gasteiger partial charge in [-0.25, -0.2) is 0 Å². The van der Waals surface area contributed by atoms with Crippen LogP contribution in [0.4, 0.5) is 5.69 Å². The third-order valence-corrected chi connectivity index (χ3v) is 3.13. The van der Waals surface area contributed by atoms with Crippen LogP contribution in [0.1, 0.15) is 32.3 Å². The van der Waals surface area contributed by atoms with E-state index >= 15 is 0 Å². The first kappa shape index (κ1) is 9.57. The summed E-state index contributed by atoms with van der Waals surface area (Å²) in [6.45, 7) is 5.28. The largest absolute Gasteiger partial charge is 0.368 e. The topological polar surface area (TPSA) is 3.24 Å². The highest BCUT2D eigenvalue weighted by Gasteiger charge is 2.31. The summed E-state index contributed by atoms with van der Waals surface area (Å²) < 4.78 is 0. The second-order valence-electron chi connectivity index (χ2n) is 3.82. The fraction of sp³-hybridized carbons (Fsp3) is 0.538. The first-order valence-electron chi connectivity index (χ1n) is 5.80. The van der Waals surface area contributed by atoms with E-state index in [1.54, 1.807) is 5.56 Å². The number of benzene rings is 1. The zero-order chi connectivity index (χ0) is 9.97. The molecular weight excluding hydrogens is 170 g/mol. The highest BCUT2D eigenvalue weighted by molar-refractivity contribution is 5.60. The van der Waals surface area contributed by atoms with E-state index < -0.39 is 0 Å². The Morgan fingerprint density at radius 2 is 2.00 bits per heavy atom. The van der Waals surface area contributed by atoms with Crippen LogP contribution >= 0.6 is 0 Å². The molecule has 1 aromatic carbocycles. The molecule has 2 heterocycles. The van der Waals surface area contributed by atoms with Crippen molar-refractivity contribution in [1.82, 2.24) is 0 Å². The quantitative estimate of drug-likeness (QED) is 0.605. The number of hydrogen-bond donors (Lipinski definition) is 0. The Morgan fingerprint density at radius 1 is 1.21 bits per heavy atom. The molecule has 0 bridgehead atoms. The van der Waals surface area contributed by atoms with Crippen LogP contribution in [0, 0.1) is 0 Å². The van der Waals surface area contributed by atoms with E-state index in [-0.39, 0.29) is 0 Å². The second kappa shape index (κ2) is 4.04. The Morgan fingerprint density at radius 3 is 2.86 bits per heavy atom. The van der Waals surface area contributed by atoms with Crippen LogP contribution in [0.15, 0.2) is 24.3 Å². The van der Waals surface area contributed by atoms with Crippen molar-refractivity contribution in [3.63, 3.8) is 0 Å². The first-order valence-corrected chi connectivity index (χ1v) is 5.80. The summed E-state index contributed by atoms with van der Waals surface area (Å²) in [5.74, 6) is 0. The van der Waals surface area contributed by atoms with Crippen molar-refractivity contribution in [2.45, 2.75) is 39.2 Å². The van der Waals surface area contributed by atoms with Crippen molar-refractivity contribution in [2.24, 2.45) is 0 Å². The summed E-state index contributed by atoms with van der Waals surface area (Å²) in [6, 6.07) is 9.68. The summed E-state index contributed by atoms with van der Waals surface area (Å²) >= 11 is 0. The second-order valence-corrected chi connectivity index (χ2v) is 3.82. The maximum Gasteiger partial charge on any atom is 0.0402 e. The fourth-order valence-electron chi connectivity index (χ4n) is 2.58. The highest BCUT2D eigenvalue weighted by Crippen LogP contribution is 2.37. The molecule has 2 aliphatic rings. The van der Waals surface area contributed by atoms with Crippen LogP contribution in [0.2, 0.25) is 0 Å². The minimum atomic E-state index is 0.836. The maximum absolute atomic E-state index is 2.58. The van der Waals surface area contributed by atoms with Crippen LogP contribution in [0.25, 0.3) is 0 Å². The van der Waals surface area contributed by atoms with Crippen LogP contribution in [0.3, 0.4) is 0 Å². The molecule has 1 aromatic rings. The first-order chi connectivity index (χ1) is 6.95. The average Bonchev–Trinajstić information content (AvgIpc) is 2.80. The zero-order valence-corrected chi connectivity index (χ0v) is 9.16. The fourth-order valence-corrected chi connectivity index (χ4v) is 2.58. The third-order valence-electron chi connectivity index (χ3n) is 3.13. The summed E-state index contributed by atoms with van der Waals surface area (Å²) in [7, 11) is 0. The van der Waals surface area contributed by atoms with E-state index in [1.165, 1.54) is 31.5 Å². The van der Waals surface area contributed by atoms with Crippen LogP contribution in [-0.2, 0) is 6.42 Å². The van der Waals surface area contributed by atoms with Gasteiger partial charge < -0.3 is 4.90 Å². The average molecular weight is 189 g/mol. The van der Waals surface area contributed by atoms with E-state index in [1.807, 2.05) is 13.8 Å². The van der Waals surface area contributed by atoms with Gasteiger partial charge in [-0.15, -0.1) is 0 Å². The lowest BCUT2D eigenvalue weighted by Crippen LogP contribution is -2.24. The van der Waals surface area contributed by atoms with Crippen LogP contribution in [-0.4, -0.2) is 12.6 Å². The Bertz CT molecular complexity index is 306. The van der Waals surface area contributed by atoms with Gasteiger partial charge in [0.15, 0.2) is 0 Å². The van der Waals surface area contributed by atoms with Gasteiger partial charge >= 0.3 is 0 Å². The molecule has 1 atom stereocenters. The molecule has 76 valence electrons. The summed E-state index contributed by atoms with van der Waals surface area (Å²) in [6.07, 6.45) is 4.07. The van der Waals surface area contributed by atoms with Gasteiger partial charge in [0.1, 0.15) is 0 Å². The van der Waals surface area contributed by atoms with E-state index in [9.17, 15) is 0 Å². The van der Waals surface area contributed by atoms with Gasteiger partial charge in [0, 0.05) is 18.3 Å². The van der Waals surface area contributed by atoms with Crippen molar-refractivity contribution in [3.8, 4) is 0 Å². The van der Waals surface area contributed by atoms with E-state index in [0.29, 0.717) is 0 Å². The normalized spacial score (nSPS) is 22.4. The molecule has 0 N–H and O–H groups in total. The van der Waals surface area contributed by atoms with E-state index in [4.69, 9.17) is 0 Å². The monoisotopic (exact) mass is 189 g/mol. The summed E-state index contributed by atoms with van der Waals surface area (Å²) in [4.78, 5) is 2.58. The van der Waals surface area contributed by atoms with Gasteiger partial charge in [0.2, 0.25) is 0 Å². The van der Waals surface area contributed by atoms with Crippen molar-refractivity contribution in [3.05, 3.63) is 29.8 Å². The van der Waals surface area contributed by atoms with Crippen LogP contribution in [0.5, 0.6) is 0 Å². The highest BCUT2D eigenvalue weighted by atomic mass is 15.2. The van der Waals surface area contributed by atoms with Gasteiger partial charge in [-0.3, -0.25) is 0 Å². The van der Waals surface area contributed by atoms with Gasteiger partial charge in [-0.05, 0) is 30.9 Å². The molecule has 1 fully saturated rings. The lowest BCUT2D eigenvalue weighted by atomic mass is 10.1. The molecule has 0 spiro atoms. The van der Waals surface area contributed by atoms with Gasteiger partial charge in [0.25, 0.3) is 0 Å². The van der Waals surface area contributed by atoms with E-state index in [0.717, 1.165) is 6.04 Å². The van der Waals surface area contributed by atoms with Gasteiger partial charge in [-0.2, -0.15) is 0 Å². The van der Waals surface area contributed by atoms with Crippen molar-refractivity contribution in [1.29, 1.82) is 0 Å². The lowest BCUT2D eigenvalue weighted by molar-refractivity contribution is 0.703. The molecule has 0 aromatic heterocycles. The lowest BCUT2D eigenvalue weighted by Gasteiger charge is -2.17. The predicted octanol–water partition coefficient (Wildman–Crippen LogP) is 3.24. The minimum Gasteiger partial charge on any atom is -0.368 e. The molecule has 1 unspecified atom stereocenters. The van der Waals surface area contributed by atoms with Crippen molar-refractivity contribution < 1.29 is 0 Å². The number of nitrogens with zero attached hydrogens (tertiary/aromatic N) is 1. The minimum absolute atomic E-state index is 0.836. The molecule has 1 heteroatoms. The Kier molecular flexibility index (Phi) is 2.76. The number of fused-ring (bicyclic) bond motifs is 3. The number of anilines is 1. The SMILES string of the molecule is CC.c1ccc2c(c1)CC1CCCN21. The van der Waals surface area contributed by atoms with Crippen molar-refractivity contribution in [2.75, 3.05) is 11.4 Å². The summed E-state index contributed by atoms with van der Waals surface area (Å²) in [5.41, 5.74) is 3.06. The molecule has 2 aliphatic heterocycles. The molecule has 3 rings (SSSR count). The number of hydrogen-bond acceptors (Lipinski definition) is 1. The Labute approximate surface area is 86.7 Å². The molecule has 0 aliphatic carbocycles. The van der Waals surface area contributed by atoms with Gasteiger partial charge in [-0.1, -0.05) is 32.0 Å². The Balaban J connectivity index is 0.000000354. The third kappa shape index (κ3) is 1.41. The molecule has 14 heavy (non-hydrogen) atoms. The summed E-state index contributed by atoms with van der Waals surface area (Å²) in [5, 5.41) is 0. The zero-order valence-electron chi connectivity index (χ0n) is 9.16. The molecule has 1 nitrogen and oxygen atoms in total. The van der Waals surface area contributed by atoms with Crippen LogP contribution < -0.4 is 4.90 Å². The molecule has 0 saturated carbocycles. The molecule has 0 amide bonds. The predicted molar refractivity (Wildman–Crippen MR) is 61.9 cm³/mol. The Hall–Kier alpha value is -0.980. The van der Waals surface area contributed by atoms with E-state index in [2.05, 4.69) is 29.2 Å². The number of rotatable bonds is 0. The standard InChI is InChI=1S/C11H13N.C2H6/c1-2-6-11-9(4-1)8-10-5-3-7-12(10)11;1-2/h1-2,4,6,10H,3,5,7-8H2;1-2H3. The maximum atomic E-state index is 2.58. The van der Waals surface area contributed by atoms with Crippen molar-refractivity contribution >= 4 is 5.69 Å². The van der Waals surface area contributed by atoms with Gasteiger partial charge in [0.05, 0.1) is 0 Å². The molecule has 0 radical (unpaired) electrons. The number of para-hydroxylation sites is 1. The molecule has 1 saturated heterocycles. The smallest absolute Gasteiger partial charge is 0.0402 e.